The summed E-state index contributed by atoms with van der Waals surface area (Å²) in [7, 11) is 0. The minimum Gasteiger partial charge on any atom is -0.252 e. The van der Waals surface area contributed by atoms with Crippen molar-refractivity contribution in [3.05, 3.63) is 19.4 Å². The summed E-state index contributed by atoms with van der Waals surface area (Å²) >= 11 is 10.7. The Morgan fingerprint density at radius 3 is 2.71 bits per heavy atom. The number of fused-ring (bicyclic) bond motifs is 1. The molecule has 0 unspecified atom stereocenters. The molecule has 0 amide bonds. The molecule has 0 aromatic carbocycles. The standard InChI is InChI=1S/C8H3BrClF3IN3/c9-3-1-4(10)15-5-6(3)17(16-7(5)14)2-8(11,12)13/h1H,2H2. The lowest BCUT2D eigenvalue weighted by Gasteiger charge is -2.07. The Bertz CT molecular complexity index is 583. The molecule has 0 bridgehead atoms. The molecule has 0 aliphatic heterocycles. The predicted octanol–water partition coefficient (Wildman–Crippen LogP) is 4.01. The van der Waals surface area contributed by atoms with Gasteiger partial charge in [-0.3, -0.25) is 4.68 Å². The monoisotopic (exact) mass is 439 g/mol. The molecule has 0 fully saturated rings. The second-order valence-corrected chi connectivity index (χ2v) is 5.45. The highest BCUT2D eigenvalue weighted by Crippen LogP contribution is 2.30. The summed E-state index contributed by atoms with van der Waals surface area (Å²) in [6.07, 6.45) is -4.33. The van der Waals surface area contributed by atoms with E-state index >= 15 is 0 Å². The highest BCUT2D eigenvalue weighted by atomic mass is 127. The van der Waals surface area contributed by atoms with Gasteiger partial charge in [-0.05, 0) is 44.6 Å². The molecule has 0 saturated carbocycles. The lowest BCUT2D eigenvalue weighted by molar-refractivity contribution is -0.141. The second kappa shape index (κ2) is 4.54. The molecule has 2 heterocycles. The van der Waals surface area contributed by atoms with Gasteiger partial charge in [0.1, 0.15) is 26.4 Å². The zero-order chi connectivity index (χ0) is 12.8. The van der Waals surface area contributed by atoms with E-state index in [-0.39, 0.29) is 10.7 Å². The van der Waals surface area contributed by atoms with Crippen LogP contribution in [0.4, 0.5) is 13.2 Å². The highest BCUT2D eigenvalue weighted by molar-refractivity contribution is 14.1. The van der Waals surface area contributed by atoms with Crippen molar-refractivity contribution in [1.82, 2.24) is 14.8 Å². The Kier molecular flexibility index (Phi) is 3.56. The van der Waals surface area contributed by atoms with E-state index in [1.54, 1.807) is 0 Å². The molecule has 0 atom stereocenters. The number of alkyl halides is 3. The first-order valence-corrected chi connectivity index (χ1v) is 6.48. The lowest BCUT2D eigenvalue weighted by Crippen LogP contribution is -2.18. The van der Waals surface area contributed by atoms with Crippen molar-refractivity contribution in [3.8, 4) is 0 Å². The van der Waals surface area contributed by atoms with Gasteiger partial charge in [0.25, 0.3) is 0 Å². The van der Waals surface area contributed by atoms with Gasteiger partial charge < -0.3 is 0 Å². The maximum absolute atomic E-state index is 12.4. The van der Waals surface area contributed by atoms with Crippen LogP contribution in [0.3, 0.4) is 0 Å². The first kappa shape index (κ1) is 13.3. The van der Waals surface area contributed by atoms with Crippen LogP contribution in [-0.2, 0) is 6.54 Å². The van der Waals surface area contributed by atoms with Crippen LogP contribution >= 0.6 is 50.1 Å². The molecule has 17 heavy (non-hydrogen) atoms. The topological polar surface area (TPSA) is 30.7 Å². The van der Waals surface area contributed by atoms with Crippen LogP contribution in [0, 0.1) is 3.70 Å². The van der Waals surface area contributed by atoms with Gasteiger partial charge in [-0.2, -0.15) is 18.3 Å². The van der Waals surface area contributed by atoms with Gasteiger partial charge >= 0.3 is 6.18 Å². The summed E-state index contributed by atoms with van der Waals surface area (Å²) < 4.78 is 38.8. The number of halogens is 6. The molecule has 0 aliphatic carbocycles. The summed E-state index contributed by atoms with van der Waals surface area (Å²) in [5.74, 6) is 0. The van der Waals surface area contributed by atoms with Crippen LogP contribution in [0.15, 0.2) is 10.5 Å². The van der Waals surface area contributed by atoms with Crippen LogP contribution < -0.4 is 0 Å². The number of hydrogen-bond donors (Lipinski definition) is 0. The molecule has 2 rings (SSSR count). The minimum absolute atomic E-state index is 0.203. The Morgan fingerprint density at radius 1 is 1.47 bits per heavy atom. The Labute approximate surface area is 121 Å². The molecule has 3 nitrogen and oxygen atoms in total. The fourth-order valence-corrected chi connectivity index (χ4v) is 2.93. The Hall–Kier alpha value is -0.0900. The third-order valence-corrected chi connectivity index (χ3v) is 3.43. The van der Waals surface area contributed by atoms with Gasteiger partial charge in [0, 0.05) is 4.47 Å². The molecule has 0 radical (unpaired) electrons. The maximum Gasteiger partial charge on any atom is 0.408 e. The number of pyridine rings is 1. The van der Waals surface area contributed by atoms with Crippen molar-refractivity contribution in [1.29, 1.82) is 0 Å². The molecular weight excluding hydrogens is 437 g/mol. The smallest absolute Gasteiger partial charge is 0.252 e. The summed E-state index contributed by atoms with van der Waals surface area (Å²) in [6.45, 7) is -1.16. The van der Waals surface area contributed by atoms with Gasteiger partial charge in [0.05, 0.1) is 0 Å². The zero-order valence-corrected chi connectivity index (χ0v) is 12.4. The lowest BCUT2D eigenvalue weighted by atomic mass is 10.4. The maximum atomic E-state index is 12.4. The zero-order valence-electron chi connectivity index (χ0n) is 7.89. The van der Waals surface area contributed by atoms with Crippen molar-refractivity contribution in [2.45, 2.75) is 12.7 Å². The fraction of sp³-hybridized carbons (Fsp3) is 0.250. The van der Waals surface area contributed by atoms with Crippen molar-refractivity contribution in [2.24, 2.45) is 0 Å². The van der Waals surface area contributed by atoms with Crippen LogP contribution in [-0.4, -0.2) is 20.9 Å². The van der Waals surface area contributed by atoms with Crippen molar-refractivity contribution in [2.75, 3.05) is 0 Å². The number of nitrogens with zero attached hydrogens (tertiary/aromatic N) is 3. The van der Waals surface area contributed by atoms with Gasteiger partial charge in [-0.1, -0.05) is 11.6 Å². The van der Waals surface area contributed by atoms with E-state index < -0.39 is 12.7 Å². The van der Waals surface area contributed by atoms with E-state index in [9.17, 15) is 13.2 Å². The average Bonchev–Trinajstić information content (AvgIpc) is 2.39. The van der Waals surface area contributed by atoms with E-state index in [4.69, 9.17) is 11.6 Å². The molecule has 0 saturated heterocycles. The molecule has 0 N–H and O–H groups in total. The largest absolute Gasteiger partial charge is 0.408 e. The minimum atomic E-state index is -4.33. The molecule has 2 aromatic heterocycles. The van der Waals surface area contributed by atoms with E-state index in [2.05, 4.69) is 26.0 Å². The first-order chi connectivity index (χ1) is 7.78. The quantitative estimate of drug-likeness (QED) is 0.496. The Morgan fingerprint density at radius 2 is 2.12 bits per heavy atom. The van der Waals surface area contributed by atoms with Crippen LogP contribution in [0.1, 0.15) is 0 Å². The van der Waals surface area contributed by atoms with Crippen LogP contribution in [0.5, 0.6) is 0 Å². The number of hydrogen-bond acceptors (Lipinski definition) is 2. The summed E-state index contributed by atoms with van der Waals surface area (Å²) in [4.78, 5) is 3.96. The third kappa shape index (κ3) is 2.84. The molecule has 0 aliphatic rings. The van der Waals surface area contributed by atoms with Gasteiger partial charge in [0.15, 0.2) is 0 Å². The molecule has 92 valence electrons. The average molecular weight is 440 g/mol. The predicted molar refractivity (Wildman–Crippen MR) is 69.0 cm³/mol. The van der Waals surface area contributed by atoms with Gasteiger partial charge in [-0.15, -0.1) is 0 Å². The van der Waals surface area contributed by atoms with E-state index in [1.165, 1.54) is 6.07 Å². The first-order valence-electron chi connectivity index (χ1n) is 4.23. The fourth-order valence-electron chi connectivity index (χ4n) is 1.36. The van der Waals surface area contributed by atoms with E-state index in [1.807, 2.05) is 22.6 Å². The molecule has 9 heteroatoms. The molecule has 2 aromatic rings. The molecular formula is C8H3BrClF3IN3. The third-order valence-electron chi connectivity index (χ3n) is 1.91. The number of aromatic nitrogens is 3. The molecule has 0 spiro atoms. The van der Waals surface area contributed by atoms with Gasteiger partial charge in [0.2, 0.25) is 0 Å². The highest BCUT2D eigenvalue weighted by Gasteiger charge is 2.30. The second-order valence-electron chi connectivity index (χ2n) is 3.19. The van der Waals surface area contributed by atoms with E-state index in [0.717, 1.165) is 4.68 Å². The summed E-state index contributed by atoms with van der Waals surface area (Å²) in [5, 5.41) is 4.01. The van der Waals surface area contributed by atoms with E-state index in [0.29, 0.717) is 13.7 Å². The van der Waals surface area contributed by atoms with Crippen molar-refractivity contribution < 1.29 is 13.2 Å². The van der Waals surface area contributed by atoms with Crippen molar-refractivity contribution in [3.63, 3.8) is 0 Å². The summed E-state index contributed by atoms with van der Waals surface area (Å²) in [6, 6.07) is 1.44. The van der Waals surface area contributed by atoms with Crippen LogP contribution in [0.2, 0.25) is 5.15 Å². The van der Waals surface area contributed by atoms with Crippen LogP contribution in [0.25, 0.3) is 11.0 Å². The number of rotatable bonds is 1. The SMILES string of the molecule is FC(F)(F)Cn1nc(I)c2nc(Cl)cc(Br)c21. The van der Waals surface area contributed by atoms with Crippen molar-refractivity contribution >= 4 is 61.2 Å². The van der Waals surface area contributed by atoms with Gasteiger partial charge in [-0.25, -0.2) is 4.98 Å². The Balaban J connectivity index is 2.66. The summed E-state index contributed by atoms with van der Waals surface area (Å²) in [5.41, 5.74) is 0.644. The normalized spacial score (nSPS) is 12.4.